The van der Waals surface area contributed by atoms with Gasteiger partial charge in [0.15, 0.2) is 0 Å². The fraction of sp³-hybridized carbons (Fsp3) is 0.375. The molecule has 1 saturated carbocycles. The van der Waals surface area contributed by atoms with Gasteiger partial charge in [-0.2, -0.15) is 0 Å². The van der Waals surface area contributed by atoms with Gasteiger partial charge in [0.1, 0.15) is 11.9 Å². The highest BCUT2D eigenvalue weighted by Gasteiger charge is 2.41. The summed E-state index contributed by atoms with van der Waals surface area (Å²) in [6.07, 6.45) is 7.02. The second-order valence-corrected chi connectivity index (χ2v) is 5.20. The van der Waals surface area contributed by atoms with E-state index in [0.717, 1.165) is 24.8 Å². The van der Waals surface area contributed by atoms with Crippen molar-refractivity contribution in [1.29, 1.82) is 0 Å². The van der Waals surface area contributed by atoms with Gasteiger partial charge in [-0.25, -0.2) is 0 Å². The fourth-order valence-corrected chi connectivity index (χ4v) is 2.74. The van der Waals surface area contributed by atoms with Gasteiger partial charge in [-0.05, 0) is 31.4 Å². The van der Waals surface area contributed by atoms with Crippen molar-refractivity contribution in [2.45, 2.75) is 37.3 Å². The molecule has 1 fully saturated rings. The molecule has 4 heteroatoms. The molecule has 4 nitrogen and oxygen atoms in total. The molecule has 2 N–H and O–H groups in total. The normalized spacial score (nSPS) is 28.6. The molecule has 0 bridgehead atoms. The summed E-state index contributed by atoms with van der Waals surface area (Å²) >= 11 is 0. The quantitative estimate of drug-likeness (QED) is 0.765. The van der Waals surface area contributed by atoms with Crippen LogP contribution in [0, 0.1) is 11.8 Å². The Hall–Kier alpha value is -1.96. The molecule has 1 aliphatic carbocycles. The average Bonchev–Trinajstić information content (AvgIpc) is 3.01. The zero-order valence-corrected chi connectivity index (χ0v) is 11.2. The summed E-state index contributed by atoms with van der Waals surface area (Å²) in [6.45, 7) is 0. The minimum absolute atomic E-state index is 0.0915. The highest BCUT2D eigenvalue weighted by atomic mass is 16.7. The van der Waals surface area contributed by atoms with Crippen LogP contribution in [0.15, 0.2) is 42.8 Å². The molecule has 20 heavy (non-hydrogen) atoms. The highest BCUT2D eigenvalue weighted by Crippen LogP contribution is 2.32. The molecule has 1 aromatic rings. The lowest BCUT2D eigenvalue weighted by Gasteiger charge is -2.40. The largest absolute Gasteiger partial charge is 0.395 e. The third-order valence-electron chi connectivity index (χ3n) is 3.82. The van der Waals surface area contributed by atoms with E-state index in [0.29, 0.717) is 6.42 Å². The van der Waals surface area contributed by atoms with E-state index < -0.39 is 5.60 Å². The van der Waals surface area contributed by atoms with Crippen molar-refractivity contribution >= 4 is 0 Å². The van der Waals surface area contributed by atoms with Crippen molar-refractivity contribution in [2.75, 3.05) is 0 Å². The first kappa shape index (κ1) is 13.0. The summed E-state index contributed by atoms with van der Waals surface area (Å²) < 4.78 is 0. The molecule has 1 heterocycles. The molecule has 104 valence electrons. The van der Waals surface area contributed by atoms with E-state index in [1.165, 1.54) is 0 Å². The van der Waals surface area contributed by atoms with Crippen LogP contribution in [0.25, 0.3) is 0 Å². The molecule has 0 saturated heterocycles. The number of nitrogens with zero attached hydrogens (tertiary/aromatic N) is 1. The lowest BCUT2D eigenvalue weighted by atomic mass is 9.80. The standard InChI is InChI=1S/C16H18N2O2/c19-16(11-9-14-6-2-1-3-7-14)10-5-4-8-15(16)18-12-13-20-17-18/h1-3,6-7,12-13,15,17,19H,4-5,8,10H2. The zero-order valence-electron chi connectivity index (χ0n) is 11.2. The molecule has 0 amide bonds. The van der Waals surface area contributed by atoms with Crippen molar-refractivity contribution in [1.82, 2.24) is 10.6 Å². The first-order valence-electron chi connectivity index (χ1n) is 6.95. The van der Waals surface area contributed by atoms with Crippen LogP contribution >= 0.6 is 0 Å². The van der Waals surface area contributed by atoms with Crippen molar-refractivity contribution in [3.05, 3.63) is 48.4 Å². The van der Waals surface area contributed by atoms with Crippen molar-refractivity contribution in [3.63, 3.8) is 0 Å². The van der Waals surface area contributed by atoms with Crippen LogP contribution in [0.2, 0.25) is 0 Å². The Morgan fingerprint density at radius 3 is 2.90 bits per heavy atom. The van der Waals surface area contributed by atoms with Gasteiger partial charge in [0.05, 0.1) is 12.2 Å². The van der Waals surface area contributed by atoms with E-state index in [-0.39, 0.29) is 6.04 Å². The third kappa shape index (κ3) is 2.64. The maximum absolute atomic E-state index is 10.9. The van der Waals surface area contributed by atoms with E-state index in [9.17, 15) is 5.11 Å². The zero-order chi connectivity index (χ0) is 13.8. The van der Waals surface area contributed by atoms with Gasteiger partial charge in [0, 0.05) is 5.56 Å². The van der Waals surface area contributed by atoms with Gasteiger partial charge >= 0.3 is 0 Å². The van der Waals surface area contributed by atoms with Gasteiger partial charge in [-0.1, -0.05) is 42.0 Å². The smallest absolute Gasteiger partial charge is 0.147 e. The number of hydrogen-bond donors (Lipinski definition) is 2. The summed E-state index contributed by atoms with van der Waals surface area (Å²) in [6, 6.07) is 9.66. The van der Waals surface area contributed by atoms with Gasteiger partial charge in [-0.15, -0.1) is 0 Å². The second kappa shape index (κ2) is 5.58. The maximum atomic E-state index is 10.9. The molecular weight excluding hydrogens is 252 g/mol. The SMILES string of the molecule is OC1(C#Cc2ccccc2)CCCCC1N1C=CON1. The predicted octanol–water partition coefficient (Wildman–Crippen LogP) is 1.93. The van der Waals surface area contributed by atoms with Crippen molar-refractivity contribution in [2.24, 2.45) is 0 Å². The Bertz CT molecular complexity index is 547. The van der Waals surface area contributed by atoms with Gasteiger partial charge in [-0.3, -0.25) is 5.01 Å². The molecule has 2 aliphatic rings. The highest BCUT2D eigenvalue weighted by molar-refractivity contribution is 5.37. The van der Waals surface area contributed by atoms with E-state index in [2.05, 4.69) is 17.4 Å². The Kier molecular flexibility index (Phi) is 3.64. The minimum Gasteiger partial charge on any atom is -0.395 e. The number of benzene rings is 1. The van der Waals surface area contributed by atoms with Gasteiger partial charge in [0.25, 0.3) is 0 Å². The second-order valence-electron chi connectivity index (χ2n) is 5.20. The van der Waals surface area contributed by atoms with Crippen molar-refractivity contribution in [3.8, 4) is 11.8 Å². The molecule has 1 aliphatic heterocycles. The van der Waals surface area contributed by atoms with Crippen molar-refractivity contribution < 1.29 is 9.94 Å². The molecule has 1 aromatic carbocycles. The van der Waals surface area contributed by atoms with E-state index in [4.69, 9.17) is 4.84 Å². The first-order chi connectivity index (χ1) is 9.78. The third-order valence-corrected chi connectivity index (χ3v) is 3.82. The molecule has 0 aromatic heterocycles. The molecular formula is C16H18N2O2. The number of hydrogen-bond acceptors (Lipinski definition) is 4. The Morgan fingerprint density at radius 1 is 1.30 bits per heavy atom. The number of nitrogens with one attached hydrogen (secondary N) is 1. The van der Waals surface area contributed by atoms with Gasteiger partial charge in [0.2, 0.25) is 0 Å². The van der Waals surface area contributed by atoms with E-state index in [1.807, 2.05) is 30.3 Å². The Balaban J connectivity index is 1.83. The van der Waals surface area contributed by atoms with Crippen LogP contribution in [0.5, 0.6) is 0 Å². The van der Waals surface area contributed by atoms with E-state index in [1.54, 1.807) is 17.5 Å². The molecule has 2 atom stereocenters. The summed E-state index contributed by atoms with van der Waals surface area (Å²) in [4.78, 5) is 5.00. The monoisotopic (exact) mass is 270 g/mol. The number of hydrazine groups is 1. The van der Waals surface area contributed by atoms with Crippen LogP contribution in [-0.2, 0) is 4.84 Å². The minimum atomic E-state index is -1.01. The summed E-state index contributed by atoms with van der Waals surface area (Å²) in [5.41, 5.74) is 2.68. The Morgan fingerprint density at radius 2 is 2.15 bits per heavy atom. The van der Waals surface area contributed by atoms with Crippen LogP contribution in [0.4, 0.5) is 0 Å². The average molecular weight is 270 g/mol. The maximum Gasteiger partial charge on any atom is 0.147 e. The lowest BCUT2D eigenvalue weighted by molar-refractivity contribution is -0.0746. The predicted molar refractivity (Wildman–Crippen MR) is 75.7 cm³/mol. The topological polar surface area (TPSA) is 44.7 Å². The fourth-order valence-electron chi connectivity index (χ4n) is 2.74. The van der Waals surface area contributed by atoms with Crippen LogP contribution < -0.4 is 5.59 Å². The summed E-state index contributed by atoms with van der Waals surface area (Å²) in [7, 11) is 0. The molecule has 3 rings (SSSR count). The summed E-state index contributed by atoms with van der Waals surface area (Å²) in [5.74, 6) is 6.16. The molecule has 2 unspecified atom stereocenters. The Labute approximate surface area is 119 Å². The lowest BCUT2D eigenvalue weighted by Crippen LogP contribution is -2.54. The molecule has 0 spiro atoms. The number of rotatable bonds is 1. The first-order valence-corrected chi connectivity index (χ1v) is 6.95. The number of aliphatic hydroxyl groups is 1. The van der Waals surface area contributed by atoms with Crippen LogP contribution in [0.3, 0.4) is 0 Å². The van der Waals surface area contributed by atoms with Crippen LogP contribution in [0.1, 0.15) is 31.2 Å². The van der Waals surface area contributed by atoms with E-state index >= 15 is 0 Å². The summed E-state index contributed by atoms with van der Waals surface area (Å²) in [5, 5.41) is 12.7. The molecule has 0 radical (unpaired) electrons. The van der Waals surface area contributed by atoms with Crippen LogP contribution in [-0.4, -0.2) is 21.8 Å². The van der Waals surface area contributed by atoms with Gasteiger partial charge < -0.3 is 9.94 Å².